The molecule has 0 radical (unpaired) electrons. The predicted octanol–water partition coefficient (Wildman–Crippen LogP) is 2.56. The summed E-state index contributed by atoms with van der Waals surface area (Å²) in [5, 5.41) is -1.58. The van der Waals surface area contributed by atoms with Gasteiger partial charge >= 0.3 is 0 Å². The van der Waals surface area contributed by atoms with E-state index in [4.69, 9.17) is 0 Å². The summed E-state index contributed by atoms with van der Waals surface area (Å²) in [5.74, 6) is -0.976. The third kappa shape index (κ3) is 9.53. The smallest absolute Gasteiger partial charge is 0.198 e. The Bertz CT molecular complexity index is 918. The molecule has 2 fully saturated rings. The van der Waals surface area contributed by atoms with Gasteiger partial charge in [-0.15, -0.1) is 7.26 Å². The minimum absolute atomic E-state index is 0.101. The lowest BCUT2D eigenvalue weighted by molar-refractivity contribution is 0.418. The van der Waals surface area contributed by atoms with E-state index in [9.17, 15) is 33.7 Å². The number of unbranched alkanes of at least 4 members (excludes halogenated alkanes) is 3. The highest BCUT2D eigenvalue weighted by atomic mass is 32.3. The van der Waals surface area contributed by atoms with Crippen LogP contribution in [-0.2, 0) is 47.7 Å². The summed E-state index contributed by atoms with van der Waals surface area (Å²) in [5.41, 5.74) is 0. The van der Waals surface area contributed by atoms with Gasteiger partial charge < -0.3 is 0 Å². The van der Waals surface area contributed by atoms with E-state index in [1.54, 1.807) is 0 Å². The molecule has 0 atom stereocenters. The Balaban J connectivity index is 1.69. The van der Waals surface area contributed by atoms with Gasteiger partial charge in [-0.25, -0.2) is 0 Å². The Kier molecular flexibility index (Phi) is 10.4. The van der Waals surface area contributed by atoms with Crippen LogP contribution in [0, 0.1) is 0 Å². The number of hydrogen-bond donors (Lipinski definition) is 0. The molecule has 10 nitrogen and oxygen atoms in total. The Hall–Kier alpha value is -0.280. The van der Waals surface area contributed by atoms with E-state index in [0.717, 1.165) is 38.5 Å². The molecule has 0 aromatic heterocycles. The van der Waals surface area contributed by atoms with E-state index in [1.165, 1.54) is 0 Å². The largest absolute Gasteiger partial charge is 0.284 e. The molecule has 0 aliphatic heterocycles. The standard InChI is InChI=1S/C18H34O10S4/c19-29(20,27-31(23,24)17-11-5-3-6-12-17)15-9-1-2-10-16-30(21,22)28-32(25,26)18-13-7-4-8-14-18/h17-18H,1-16H2. The van der Waals surface area contributed by atoms with Crippen molar-refractivity contribution in [3.8, 4) is 0 Å². The highest BCUT2D eigenvalue weighted by molar-refractivity contribution is 8.00. The van der Waals surface area contributed by atoms with Gasteiger partial charge in [0.1, 0.15) is 0 Å². The van der Waals surface area contributed by atoms with Gasteiger partial charge in [0.05, 0.1) is 22.0 Å². The lowest BCUT2D eigenvalue weighted by atomic mass is 10.0. The van der Waals surface area contributed by atoms with Crippen molar-refractivity contribution in [2.75, 3.05) is 11.5 Å². The lowest BCUT2D eigenvalue weighted by Crippen LogP contribution is -2.29. The van der Waals surface area contributed by atoms with Crippen molar-refractivity contribution < 1.29 is 40.9 Å². The van der Waals surface area contributed by atoms with Gasteiger partial charge in [-0.1, -0.05) is 51.4 Å². The molecule has 0 spiro atoms. The molecule has 0 N–H and O–H groups in total. The van der Waals surface area contributed by atoms with Crippen LogP contribution < -0.4 is 0 Å². The van der Waals surface area contributed by atoms with Crippen LogP contribution in [0.4, 0.5) is 0 Å². The van der Waals surface area contributed by atoms with Crippen LogP contribution >= 0.6 is 0 Å². The summed E-state index contributed by atoms with van der Waals surface area (Å²) in [6.45, 7) is 0. The van der Waals surface area contributed by atoms with Crippen LogP contribution in [0.25, 0.3) is 0 Å². The molecule has 190 valence electrons. The van der Waals surface area contributed by atoms with Crippen LogP contribution in [0.5, 0.6) is 0 Å². The highest BCUT2D eigenvalue weighted by Crippen LogP contribution is 2.27. The molecule has 32 heavy (non-hydrogen) atoms. The van der Waals surface area contributed by atoms with Gasteiger partial charge in [-0.3, -0.25) is 0 Å². The molecule has 0 saturated heterocycles. The first-order valence-corrected chi connectivity index (χ1v) is 17.3. The van der Waals surface area contributed by atoms with E-state index in [2.05, 4.69) is 7.26 Å². The molecule has 0 heterocycles. The molecule has 2 saturated carbocycles. The summed E-state index contributed by atoms with van der Waals surface area (Å²) in [6, 6.07) is 0. The van der Waals surface area contributed by atoms with Crippen molar-refractivity contribution in [1.29, 1.82) is 0 Å². The maximum atomic E-state index is 12.1. The molecule has 0 aromatic carbocycles. The average Bonchev–Trinajstić information content (AvgIpc) is 2.70. The van der Waals surface area contributed by atoms with E-state index >= 15 is 0 Å². The Labute approximate surface area is 192 Å². The van der Waals surface area contributed by atoms with Crippen molar-refractivity contribution in [3.63, 3.8) is 0 Å². The first-order chi connectivity index (χ1) is 14.8. The Morgan fingerprint density at radius 1 is 0.469 bits per heavy atom. The second kappa shape index (κ2) is 11.9. The molecule has 0 bridgehead atoms. The number of rotatable bonds is 13. The van der Waals surface area contributed by atoms with Crippen LogP contribution in [0.15, 0.2) is 0 Å². The summed E-state index contributed by atoms with van der Waals surface area (Å²) in [6.07, 6.45) is 7.15. The zero-order valence-corrected chi connectivity index (χ0v) is 21.4. The van der Waals surface area contributed by atoms with Gasteiger partial charge in [-0.05, 0) is 38.5 Å². The van der Waals surface area contributed by atoms with Gasteiger partial charge in [0.15, 0.2) is 0 Å². The summed E-state index contributed by atoms with van der Waals surface area (Å²) >= 11 is 0. The maximum Gasteiger partial charge on any atom is 0.284 e. The third-order valence-corrected chi connectivity index (χ3v) is 13.2. The maximum absolute atomic E-state index is 12.1. The fourth-order valence-corrected chi connectivity index (χ4v) is 10.8. The molecule has 0 aromatic rings. The van der Waals surface area contributed by atoms with Crippen molar-refractivity contribution in [2.24, 2.45) is 0 Å². The van der Waals surface area contributed by atoms with Gasteiger partial charge in [0, 0.05) is 0 Å². The Morgan fingerprint density at radius 2 is 0.781 bits per heavy atom. The highest BCUT2D eigenvalue weighted by Gasteiger charge is 2.34. The second-order valence-corrected chi connectivity index (χ2v) is 16.0. The molecular weight excluding hydrogens is 504 g/mol. The zero-order chi connectivity index (χ0) is 23.9. The fraction of sp³-hybridized carbons (Fsp3) is 1.00. The first-order valence-electron chi connectivity index (χ1n) is 11.2. The van der Waals surface area contributed by atoms with Crippen LogP contribution in [0.1, 0.15) is 89.9 Å². The Morgan fingerprint density at radius 3 is 1.09 bits per heavy atom. The fourth-order valence-electron chi connectivity index (χ4n) is 4.09. The van der Waals surface area contributed by atoms with E-state index in [0.29, 0.717) is 38.5 Å². The molecule has 0 unspecified atom stereocenters. The molecule has 0 amide bonds. The molecule has 14 heteroatoms. The monoisotopic (exact) mass is 538 g/mol. The summed E-state index contributed by atoms with van der Waals surface area (Å²) in [4.78, 5) is 0. The third-order valence-electron chi connectivity index (χ3n) is 5.86. The van der Waals surface area contributed by atoms with Crippen molar-refractivity contribution >= 4 is 40.5 Å². The number of hydrogen-bond acceptors (Lipinski definition) is 10. The van der Waals surface area contributed by atoms with Crippen LogP contribution in [0.3, 0.4) is 0 Å². The molecular formula is C18H34O10S4. The van der Waals surface area contributed by atoms with E-state index in [1.807, 2.05) is 0 Å². The second-order valence-electron chi connectivity index (χ2n) is 8.58. The van der Waals surface area contributed by atoms with Crippen LogP contribution in [0.2, 0.25) is 0 Å². The zero-order valence-electron chi connectivity index (χ0n) is 18.2. The summed E-state index contributed by atoms with van der Waals surface area (Å²) < 4.78 is 106. The van der Waals surface area contributed by atoms with Crippen LogP contribution in [-0.4, -0.2) is 55.7 Å². The van der Waals surface area contributed by atoms with Gasteiger partial charge in [0.25, 0.3) is 40.5 Å². The summed E-state index contributed by atoms with van der Waals surface area (Å²) in [7, 11) is -16.9. The predicted molar refractivity (Wildman–Crippen MR) is 120 cm³/mol. The normalized spacial score (nSPS) is 20.4. The van der Waals surface area contributed by atoms with Crippen molar-refractivity contribution in [2.45, 2.75) is 100 Å². The average molecular weight is 539 g/mol. The quantitative estimate of drug-likeness (QED) is 0.319. The van der Waals surface area contributed by atoms with E-state index < -0.39 is 62.5 Å². The molecule has 2 aliphatic carbocycles. The van der Waals surface area contributed by atoms with Gasteiger partial charge in [-0.2, -0.15) is 33.7 Å². The van der Waals surface area contributed by atoms with Crippen molar-refractivity contribution in [3.05, 3.63) is 0 Å². The topological polar surface area (TPSA) is 155 Å². The lowest BCUT2D eigenvalue weighted by Gasteiger charge is -2.20. The van der Waals surface area contributed by atoms with Gasteiger partial charge in [0.2, 0.25) is 0 Å². The molecule has 2 rings (SSSR count). The molecule has 2 aliphatic rings. The van der Waals surface area contributed by atoms with Crippen molar-refractivity contribution in [1.82, 2.24) is 0 Å². The van der Waals surface area contributed by atoms with E-state index in [-0.39, 0.29) is 12.8 Å². The minimum atomic E-state index is -4.25. The minimum Gasteiger partial charge on any atom is -0.198 e. The SMILES string of the molecule is O=S(=O)(CCCCCCS(=O)(=O)OS(=O)(=O)C1CCCCC1)OS(=O)(=O)C1CCCCC1. The first kappa shape index (κ1) is 28.0.